The van der Waals surface area contributed by atoms with Gasteiger partial charge in [0.2, 0.25) is 0 Å². The molecule has 0 aliphatic carbocycles. The van der Waals surface area contributed by atoms with Crippen molar-refractivity contribution < 1.29 is 4.81 Å². The largest absolute Gasteiger partial charge is 0.353 e. The maximum absolute atomic E-state index is 8.68. The van der Waals surface area contributed by atoms with Gasteiger partial charge in [0.25, 0.3) is 0 Å². The Morgan fingerprint density at radius 1 is 0.680 bits per heavy atom. The van der Waals surface area contributed by atoms with Crippen LogP contribution in [-0.2, 0) is 0 Å². The summed E-state index contributed by atoms with van der Waals surface area (Å²) in [5.41, 5.74) is 6.40. The summed E-state index contributed by atoms with van der Waals surface area (Å²) in [5.74, 6) is 2.65. The third kappa shape index (κ3) is 3.72. The third-order valence-corrected chi connectivity index (χ3v) is 6.79. The zero-order chi connectivity index (χ0) is 18.0. The fourth-order valence-corrected chi connectivity index (χ4v) is 4.82. The first-order chi connectivity index (χ1) is 11.9. The lowest BCUT2D eigenvalue weighted by Gasteiger charge is -2.56. The van der Waals surface area contributed by atoms with Crippen LogP contribution < -0.4 is 5.73 Å². The minimum Gasteiger partial charge on any atom is -0.333 e. The van der Waals surface area contributed by atoms with Gasteiger partial charge >= 0.3 is 5.96 Å². The average Bonchev–Trinajstić information content (AvgIpc) is 2.60. The van der Waals surface area contributed by atoms with E-state index in [4.69, 9.17) is 11.1 Å². The van der Waals surface area contributed by atoms with E-state index in [1.165, 1.54) is 38.5 Å². The minimum absolute atomic E-state index is 0.290. The number of quaternary nitrogens is 1. The Hall–Kier alpha value is -0.690. The van der Waals surface area contributed by atoms with Gasteiger partial charge in [0.15, 0.2) is 0 Å². The fourth-order valence-electron chi connectivity index (χ4n) is 4.82. The van der Waals surface area contributed by atoms with Crippen molar-refractivity contribution in [2.45, 2.75) is 59.3 Å². The molecule has 0 unspecified atom stereocenters. The first-order valence-corrected chi connectivity index (χ1v) is 10.4. The van der Waals surface area contributed by atoms with Gasteiger partial charge in [-0.25, -0.2) is 5.41 Å². The van der Waals surface area contributed by atoms with Crippen molar-refractivity contribution in [1.82, 2.24) is 15.0 Å². The van der Waals surface area contributed by atoms with Crippen LogP contribution in [-0.4, -0.2) is 65.1 Å². The zero-order valence-corrected chi connectivity index (χ0v) is 16.6. The number of nitrogens with zero attached hydrogens (tertiary/aromatic N) is 4. The first kappa shape index (κ1) is 19.1. The van der Waals surface area contributed by atoms with E-state index in [-0.39, 0.29) is 0 Å². The van der Waals surface area contributed by atoms with Crippen LogP contribution in [0.3, 0.4) is 0 Å². The summed E-state index contributed by atoms with van der Waals surface area (Å²) in [6.07, 6.45) is 7.26. The molecule has 25 heavy (non-hydrogen) atoms. The lowest BCUT2D eigenvalue weighted by atomic mass is 9.99. The molecule has 6 heteroatoms. The Morgan fingerprint density at radius 2 is 0.920 bits per heavy atom. The molecule has 0 radical (unpaired) electrons. The molecule has 3 rings (SSSR count). The van der Waals surface area contributed by atoms with E-state index < -0.39 is 0 Å². The normalized spacial score (nSPS) is 27.6. The molecule has 0 bridgehead atoms. The predicted molar refractivity (Wildman–Crippen MR) is 102 cm³/mol. The molecule has 0 spiro atoms. The SMILES string of the molecule is CC1CCN([N+](C(=N)N)(N2CCC(C)CC2)N2CCC(C)CC2)CC1. The van der Waals surface area contributed by atoms with Gasteiger partial charge in [-0.05, 0) is 61.1 Å². The van der Waals surface area contributed by atoms with Crippen LogP contribution in [0.4, 0.5) is 0 Å². The van der Waals surface area contributed by atoms with Gasteiger partial charge in [0, 0.05) is 0 Å². The number of rotatable bonds is 3. The minimum atomic E-state index is 0.290. The molecule has 0 atom stereocenters. The van der Waals surface area contributed by atoms with Crippen molar-refractivity contribution in [1.29, 1.82) is 5.41 Å². The van der Waals surface area contributed by atoms with Crippen LogP contribution in [0.15, 0.2) is 0 Å². The lowest BCUT2D eigenvalue weighted by Crippen LogP contribution is -2.81. The summed E-state index contributed by atoms with van der Waals surface area (Å²) >= 11 is 0. The van der Waals surface area contributed by atoms with Crippen LogP contribution in [0, 0.1) is 23.2 Å². The van der Waals surface area contributed by atoms with E-state index in [9.17, 15) is 0 Å². The molecule has 3 aliphatic heterocycles. The van der Waals surface area contributed by atoms with Crippen molar-refractivity contribution in [3.05, 3.63) is 0 Å². The number of piperidine rings is 3. The zero-order valence-electron chi connectivity index (χ0n) is 16.6. The van der Waals surface area contributed by atoms with Crippen LogP contribution in [0.25, 0.3) is 0 Å². The second kappa shape index (κ2) is 7.91. The topological polar surface area (TPSA) is 59.6 Å². The monoisotopic (exact) mass is 351 g/mol. The van der Waals surface area contributed by atoms with Gasteiger partial charge in [0.1, 0.15) is 0 Å². The van der Waals surface area contributed by atoms with Gasteiger partial charge in [-0.1, -0.05) is 20.8 Å². The van der Waals surface area contributed by atoms with Gasteiger partial charge in [-0.2, -0.15) is 0 Å². The molecule has 3 aliphatic rings. The van der Waals surface area contributed by atoms with Crippen molar-refractivity contribution in [3.8, 4) is 0 Å². The number of hydrogen-bond acceptors (Lipinski definition) is 4. The van der Waals surface area contributed by atoms with E-state index >= 15 is 0 Å². The average molecular weight is 352 g/mol. The van der Waals surface area contributed by atoms with Crippen molar-refractivity contribution in [2.24, 2.45) is 23.5 Å². The van der Waals surface area contributed by atoms with Crippen molar-refractivity contribution in [2.75, 3.05) is 39.3 Å². The van der Waals surface area contributed by atoms with Crippen LogP contribution in [0.5, 0.6) is 0 Å². The van der Waals surface area contributed by atoms with E-state index in [1.807, 2.05) is 0 Å². The van der Waals surface area contributed by atoms with Crippen LogP contribution >= 0.6 is 0 Å². The van der Waals surface area contributed by atoms with E-state index in [1.54, 1.807) is 0 Å². The number of hydrogen-bond donors (Lipinski definition) is 2. The maximum atomic E-state index is 8.68. The molecule has 0 aromatic heterocycles. The number of guanidine groups is 1. The van der Waals surface area contributed by atoms with Crippen LogP contribution in [0.1, 0.15) is 59.3 Å². The van der Waals surface area contributed by atoms with E-state index in [0.717, 1.165) is 57.0 Å². The molecule has 0 aromatic carbocycles. The summed E-state index contributed by atoms with van der Waals surface area (Å²) in [7, 11) is 0. The third-order valence-electron chi connectivity index (χ3n) is 6.79. The molecule has 3 N–H and O–H groups in total. The van der Waals surface area contributed by atoms with Crippen molar-refractivity contribution in [3.63, 3.8) is 0 Å². The highest BCUT2D eigenvalue weighted by Crippen LogP contribution is 2.33. The smallest absolute Gasteiger partial charge is 0.333 e. The summed E-state index contributed by atoms with van der Waals surface area (Å²) < 4.78 is 0. The molecule has 6 nitrogen and oxygen atoms in total. The molecule has 0 saturated carbocycles. The maximum Gasteiger partial charge on any atom is 0.353 e. The first-order valence-electron chi connectivity index (χ1n) is 10.4. The summed E-state index contributed by atoms with van der Waals surface area (Å²) in [6, 6.07) is 0. The lowest BCUT2D eigenvalue weighted by molar-refractivity contribution is -1.15. The second-order valence-corrected chi connectivity index (χ2v) is 8.86. The molecule has 144 valence electrons. The van der Waals surface area contributed by atoms with E-state index in [0.29, 0.717) is 10.8 Å². The highest BCUT2D eigenvalue weighted by atomic mass is 16.2. The Bertz CT molecular complexity index is 388. The number of nitrogens with two attached hydrogens (primary N) is 1. The summed E-state index contributed by atoms with van der Waals surface area (Å²) in [6.45, 7) is 13.3. The highest BCUT2D eigenvalue weighted by Gasteiger charge is 2.53. The fraction of sp³-hybridized carbons (Fsp3) is 0.947. The summed E-state index contributed by atoms with van der Waals surface area (Å²) in [5, 5.41) is 16.2. The van der Waals surface area contributed by atoms with Gasteiger partial charge < -0.3 is 5.73 Å². The molecule has 3 saturated heterocycles. The second-order valence-electron chi connectivity index (χ2n) is 8.86. The summed E-state index contributed by atoms with van der Waals surface area (Å²) in [4.78, 5) is 0.395. The Kier molecular flexibility index (Phi) is 6.03. The van der Waals surface area contributed by atoms with E-state index in [2.05, 4.69) is 35.8 Å². The Labute approximate surface area is 153 Å². The quantitative estimate of drug-likeness (QED) is 0.466. The molecule has 3 fully saturated rings. The van der Waals surface area contributed by atoms with Gasteiger partial charge in [-0.15, -0.1) is 15.0 Å². The molecule has 3 heterocycles. The Balaban J connectivity index is 1.91. The molecule has 0 aromatic rings. The predicted octanol–water partition coefficient (Wildman–Crippen LogP) is 2.64. The van der Waals surface area contributed by atoms with Crippen molar-refractivity contribution >= 4 is 5.96 Å². The molecule has 0 amide bonds. The van der Waals surface area contributed by atoms with Gasteiger partial charge in [-0.3, -0.25) is 0 Å². The van der Waals surface area contributed by atoms with Crippen LogP contribution in [0.2, 0.25) is 0 Å². The molecular weight excluding hydrogens is 312 g/mol. The Morgan fingerprint density at radius 3 is 1.12 bits per heavy atom. The standard InChI is InChI=1S/C19H39N6/c1-16-4-10-22(11-5-16)25(19(20)21,23-12-6-17(2)7-13-23)24-14-8-18(3)9-15-24/h16-18H,4-15H2,1-3H3,(H3,20,21)/q+1. The highest BCUT2D eigenvalue weighted by molar-refractivity contribution is 5.66. The number of nitrogens with one attached hydrogen (secondary N) is 1. The molecular formula is C19H39N6+. The van der Waals surface area contributed by atoms with Gasteiger partial charge in [0.05, 0.1) is 39.3 Å².